The van der Waals surface area contributed by atoms with Crippen LogP contribution in [-0.4, -0.2) is 37.6 Å². The maximum absolute atomic E-state index is 12.1. The fourth-order valence-corrected chi connectivity index (χ4v) is 1.97. The molecule has 0 saturated heterocycles. The minimum absolute atomic E-state index is 0. The van der Waals surface area contributed by atoms with Crippen molar-refractivity contribution < 1.29 is 14.3 Å². The largest absolute Gasteiger partial charge is 0.380 e. The normalized spacial score (nSPS) is 11.6. The van der Waals surface area contributed by atoms with Crippen LogP contribution in [0.4, 0.5) is 5.69 Å². The van der Waals surface area contributed by atoms with E-state index >= 15 is 0 Å². The second kappa shape index (κ2) is 10.2. The zero-order valence-corrected chi connectivity index (χ0v) is 14.8. The Labute approximate surface area is 143 Å². The van der Waals surface area contributed by atoms with E-state index in [1.807, 2.05) is 26.8 Å². The Kier molecular flexibility index (Phi) is 9.48. The SMILES string of the molecule is COC(CN)CC(=O)Nc1ccc(C)c(C(=O)NC(C)C)c1.Cl. The van der Waals surface area contributed by atoms with Crippen LogP contribution in [0.3, 0.4) is 0 Å². The summed E-state index contributed by atoms with van der Waals surface area (Å²) in [5.74, 6) is -0.350. The number of hydrogen-bond donors (Lipinski definition) is 3. The van der Waals surface area contributed by atoms with Crippen molar-refractivity contribution in [3.63, 3.8) is 0 Å². The molecular weight excluding hydrogens is 318 g/mol. The number of carbonyl (C=O) groups is 2. The van der Waals surface area contributed by atoms with Crippen molar-refractivity contribution >= 4 is 29.9 Å². The molecule has 130 valence electrons. The highest BCUT2D eigenvalue weighted by atomic mass is 35.5. The van der Waals surface area contributed by atoms with Crippen molar-refractivity contribution in [2.45, 2.75) is 39.3 Å². The van der Waals surface area contributed by atoms with Crippen LogP contribution in [0.15, 0.2) is 18.2 Å². The fraction of sp³-hybridized carbons (Fsp3) is 0.500. The standard InChI is InChI=1S/C16H25N3O3.ClH/c1-10(2)18-16(21)14-7-12(6-5-11(14)3)19-15(20)8-13(9-17)22-4;/h5-7,10,13H,8-9,17H2,1-4H3,(H,18,21)(H,19,20);1H. The molecule has 0 bridgehead atoms. The van der Waals surface area contributed by atoms with E-state index in [0.29, 0.717) is 11.3 Å². The summed E-state index contributed by atoms with van der Waals surface area (Å²) in [5, 5.41) is 5.61. The van der Waals surface area contributed by atoms with Crippen molar-refractivity contribution in [3.05, 3.63) is 29.3 Å². The summed E-state index contributed by atoms with van der Waals surface area (Å²) in [6, 6.07) is 5.30. The van der Waals surface area contributed by atoms with Crippen LogP contribution in [0.2, 0.25) is 0 Å². The highest BCUT2D eigenvalue weighted by Crippen LogP contribution is 2.16. The first-order valence-electron chi connectivity index (χ1n) is 7.31. The highest BCUT2D eigenvalue weighted by Gasteiger charge is 2.14. The van der Waals surface area contributed by atoms with Crippen molar-refractivity contribution in [3.8, 4) is 0 Å². The Morgan fingerprint density at radius 1 is 1.30 bits per heavy atom. The molecule has 0 radical (unpaired) electrons. The number of ether oxygens (including phenoxy) is 1. The molecule has 4 N–H and O–H groups in total. The number of aryl methyl sites for hydroxylation is 1. The third kappa shape index (κ3) is 6.99. The summed E-state index contributed by atoms with van der Waals surface area (Å²) < 4.78 is 5.08. The van der Waals surface area contributed by atoms with E-state index in [2.05, 4.69) is 10.6 Å². The molecule has 23 heavy (non-hydrogen) atoms. The van der Waals surface area contributed by atoms with Gasteiger partial charge in [0.25, 0.3) is 5.91 Å². The van der Waals surface area contributed by atoms with Crippen molar-refractivity contribution in [2.75, 3.05) is 19.0 Å². The topological polar surface area (TPSA) is 93.4 Å². The molecule has 0 fully saturated rings. The predicted octanol–water partition coefficient (Wildman–Crippen LogP) is 1.86. The lowest BCUT2D eigenvalue weighted by Crippen LogP contribution is -2.31. The third-order valence-electron chi connectivity index (χ3n) is 3.20. The molecule has 0 aliphatic carbocycles. The summed E-state index contributed by atoms with van der Waals surface area (Å²) in [7, 11) is 1.52. The van der Waals surface area contributed by atoms with Gasteiger partial charge in [0.05, 0.1) is 12.5 Å². The third-order valence-corrected chi connectivity index (χ3v) is 3.20. The minimum atomic E-state index is -0.311. The lowest BCUT2D eigenvalue weighted by atomic mass is 10.1. The van der Waals surface area contributed by atoms with Gasteiger partial charge in [0, 0.05) is 30.9 Å². The molecule has 2 amide bonds. The van der Waals surface area contributed by atoms with Gasteiger partial charge in [-0.2, -0.15) is 0 Å². The van der Waals surface area contributed by atoms with Gasteiger partial charge in [0.15, 0.2) is 0 Å². The molecule has 0 heterocycles. The maximum atomic E-state index is 12.1. The average molecular weight is 344 g/mol. The molecule has 0 aliphatic heterocycles. The Morgan fingerprint density at radius 2 is 1.96 bits per heavy atom. The van der Waals surface area contributed by atoms with Gasteiger partial charge in [0.1, 0.15) is 0 Å². The van der Waals surface area contributed by atoms with Crippen molar-refractivity contribution in [1.29, 1.82) is 0 Å². The van der Waals surface area contributed by atoms with E-state index < -0.39 is 0 Å². The number of nitrogens with one attached hydrogen (secondary N) is 2. The molecule has 0 saturated carbocycles. The monoisotopic (exact) mass is 343 g/mol. The molecule has 1 unspecified atom stereocenters. The van der Waals surface area contributed by atoms with Crippen molar-refractivity contribution in [2.24, 2.45) is 5.73 Å². The lowest BCUT2D eigenvalue weighted by Gasteiger charge is -2.14. The second-order valence-electron chi connectivity index (χ2n) is 5.50. The van der Waals surface area contributed by atoms with Gasteiger partial charge in [-0.05, 0) is 38.5 Å². The molecule has 1 aromatic carbocycles. The molecule has 0 spiro atoms. The van der Waals surface area contributed by atoms with Crippen LogP contribution in [-0.2, 0) is 9.53 Å². The molecule has 0 aromatic heterocycles. The Morgan fingerprint density at radius 3 is 2.48 bits per heavy atom. The summed E-state index contributed by atoms with van der Waals surface area (Å²) in [6.45, 7) is 5.93. The van der Waals surface area contributed by atoms with Gasteiger partial charge in [-0.25, -0.2) is 0 Å². The van der Waals surface area contributed by atoms with E-state index in [4.69, 9.17) is 10.5 Å². The van der Waals surface area contributed by atoms with Crippen LogP contribution in [0.1, 0.15) is 36.2 Å². The van der Waals surface area contributed by atoms with Crippen LogP contribution in [0.25, 0.3) is 0 Å². The molecule has 6 nitrogen and oxygen atoms in total. The summed E-state index contributed by atoms with van der Waals surface area (Å²) in [6.07, 6.45) is -0.136. The molecular formula is C16H26ClN3O3. The van der Waals surface area contributed by atoms with Gasteiger partial charge in [0.2, 0.25) is 5.91 Å². The zero-order valence-electron chi connectivity index (χ0n) is 14.0. The zero-order chi connectivity index (χ0) is 16.7. The first-order chi connectivity index (χ1) is 10.4. The number of amides is 2. The van der Waals surface area contributed by atoms with Gasteiger partial charge in [-0.15, -0.1) is 12.4 Å². The summed E-state index contributed by atoms with van der Waals surface area (Å²) in [4.78, 5) is 24.1. The Hall–Kier alpha value is -1.63. The number of anilines is 1. The smallest absolute Gasteiger partial charge is 0.251 e. The minimum Gasteiger partial charge on any atom is -0.380 e. The lowest BCUT2D eigenvalue weighted by molar-refractivity contribution is -0.118. The number of nitrogens with two attached hydrogens (primary N) is 1. The number of hydrogen-bond acceptors (Lipinski definition) is 4. The second-order valence-corrected chi connectivity index (χ2v) is 5.50. The van der Waals surface area contributed by atoms with Gasteiger partial charge in [-0.3, -0.25) is 9.59 Å². The van der Waals surface area contributed by atoms with Gasteiger partial charge in [-0.1, -0.05) is 6.07 Å². The molecule has 1 aromatic rings. The molecule has 7 heteroatoms. The van der Waals surface area contributed by atoms with Crippen LogP contribution in [0, 0.1) is 6.92 Å². The first-order valence-corrected chi connectivity index (χ1v) is 7.31. The van der Waals surface area contributed by atoms with Crippen LogP contribution < -0.4 is 16.4 Å². The van der Waals surface area contributed by atoms with E-state index in [-0.39, 0.29) is 49.3 Å². The maximum Gasteiger partial charge on any atom is 0.251 e. The van der Waals surface area contributed by atoms with Crippen LogP contribution in [0.5, 0.6) is 0 Å². The summed E-state index contributed by atoms with van der Waals surface area (Å²) in [5.41, 5.74) is 7.48. The fourth-order valence-electron chi connectivity index (χ4n) is 1.97. The van der Waals surface area contributed by atoms with Crippen molar-refractivity contribution in [1.82, 2.24) is 5.32 Å². The summed E-state index contributed by atoms with van der Waals surface area (Å²) >= 11 is 0. The number of methoxy groups -OCH3 is 1. The average Bonchev–Trinajstić information content (AvgIpc) is 2.45. The van der Waals surface area contributed by atoms with E-state index in [1.54, 1.807) is 12.1 Å². The Balaban J connectivity index is 0.00000484. The van der Waals surface area contributed by atoms with Gasteiger partial charge >= 0.3 is 0 Å². The molecule has 1 rings (SSSR count). The number of halogens is 1. The van der Waals surface area contributed by atoms with E-state index in [0.717, 1.165) is 5.56 Å². The Bertz CT molecular complexity index is 531. The highest BCUT2D eigenvalue weighted by molar-refractivity contribution is 5.98. The van der Waals surface area contributed by atoms with E-state index in [9.17, 15) is 9.59 Å². The van der Waals surface area contributed by atoms with E-state index in [1.165, 1.54) is 7.11 Å². The molecule has 1 atom stereocenters. The first kappa shape index (κ1) is 21.4. The number of benzene rings is 1. The quantitative estimate of drug-likeness (QED) is 0.704. The van der Waals surface area contributed by atoms with Crippen LogP contribution >= 0.6 is 12.4 Å². The number of carbonyl (C=O) groups excluding carboxylic acids is 2. The van der Waals surface area contributed by atoms with Gasteiger partial charge < -0.3 is 21.1 Å². The predicted molar refractivity (Wildman–Crippen MR) is 94.1 cm³/mol. The number of rotatable bonds is 7. The molecule has 0 aliphatic rings.